The van der Waals surface area contributed by atoms with Gasteiger partial charge in [0.25, 0.3) is 17.7 Å². The first kappa shape index (κ1) is 52.7. The number of primary amides is 1. The van der Waals surface area contributed by atoms with Crippen LogP contribution in [0.15, 0.2) is 137 Å². The first-order chi connectivity index (χ1) is 35.2. The molecule has 0 bridgehead atoms. The van der Waals surface area contributed by atoms with Gasteiger partial charge in [-0.3, -0.25) is 19.4 Å². The van der Waals surface area contributed by atoms with Gasteiger partial charge in [-0.2, -0.15) is 0 Å². The van der Waals surface area contributed by atoms with E-state index >= 15 is 0 Å². The molecule has 0 radical (unpaired) electrons. The van der Waals surface area contributed by atoms with Crippen LogP contribution < -0.4 is 36.5 Å². The summed E-state index contributed by atoms with van der Waals surface area (Å²) >= 11 is 0. The summed E-state index contributed by atoms with van der Waals surface area (Å²) in [4.78, 5) is 42.8. The predicted octanol–water partition coefficient (Wildman–Crippen LogP) is 10.9. The zero-order valence-corrected chi connectivity index (χ0v) is 44.4. The SMILES string of the molecule is COc1cccc(Nc2c(C(N)=O)cnc3c(C)cc(S(=O)(=O)c4cccc(C(=O)Nc5cccc(-c6ccc(CCCCNCC(O[Si](C)(C)C(C)(C)C)c7ccc(O)c8c7OCC(=O)N8)cc6)c5)c4)cc23)c1. The largest absolute Gasteiger partial charge is 0.506 e. The van der Waals surface area contributed by atoms with Crippen LogP contribution in [0.3, 0.4) is 0 Å². The second-order valence-corrected chi connectivity index (χ2v) is 26.6. The number of nitrogens with zero attached hydrogens (tertiary/aromatic N) is 1. The van der Waals surface area contributed by atoms with Gasteiger partial charge in [0.2, 0.25) is 9.84 Å². The molecule has 1 aliphatic heterocycles. The van der Waals surface area contributed by atoms with E-state index < -0.39 is 30.0 Å². The highest BCUT2D eigenvalue weighted by atomic mass is 32.2. The summed E-state index contributed by atoms with van der Waals surface area (Å²) in [6.07, 6.45) is 3.77. The van der Waals surface area contributed by atoms with Gasteiger partial charge in [-0.1, -0.05) is 69.3 Å². The fourth-order valence-corrected chi connectivity index (χ4v) is 11.2. The van der Waals surface area contributed by atoms with Crippen LogP contribution in [0.25, 0.3) is 22.0 Å². The number of sulfone groups is 1. The number of aryl methyl sites for hydroxylation is 2. The number of pyridine rings is 1. The Bertz CT molecular complexity index is 3380. The number of carbonyl (C=O) groups excluding carboxylic acids is 3. The monoisotopic (exact) mass is 1030 g/mol. The highest BCUT2D eigenvalue weighted by Gasteiger charge is 2.40. The Hall–Kier alpha value is -7.57. The number of fused-ring (bicyclic) bond motifs is 2. The Morgan fingerprint density at radius 1 is 0.892 bits per heavy atom. The van der Waals surface area contributed by atoms with E-state index in [1.54, 1.807) is 49.4 Å². The predicted molar refractivity (Wildman–Crippen MR) is 292 cm³/mol. The van der Waals surface area contributed by atoms with E-state index in [1.807, 2.05) is 24.3 Å². The van der Waals surface area contributed by atoms with Crippen LogP contribution in [0.2, 0.25) is 18.1 Å². The lowest BCUT2D eigenvalue weighted by molar-refractivity contribution is -0.118. The van der Waals surface area contributed by atoms with Gasteiger partial charge in [0.15, 0.2) is 20.7 Å². The lowest BCUT2D eigenvalue weighted by atomic mass is 10.0. The first-order valence-electron chi connectivity index (χ1n) is 24.4. The summed E-state index contributed by atoms with van der Waals surface area (Å²) in [6, 6.07) is 35.1. The van der Waals surface area contributed by atoms with Gasteiger partial charge in [-0.05, 0) is 140 Å². The topological polar surface area (TPSA) is 220 Å². The molecular formula is C57H62N6O9SSi. The summed E-state index contributed by atoms with van der Waals surface area (Å²) in [5, 5.41) is 23.3. The molecule has 74 heavy (non-hydrogen) atoms. The van der Waals surface area contributed by atoms with E-state index in [4.69, 9.17) is 19.6 Å². The number of phenols is 1. The van der Waals surface area contributed by atoms with Crippen molar-refractivity contribution in [3.8, 4) is 28.4 Å². The number of hydrogen-bond donors (Lipinski definition) is 6. The summed E-state index contributed by atoms with van der Waals surface area (Å²) < 4.78 is 46.8. The average Bonchev–Trinajstić information content (AvgIpc) is 3.37. The molecule has 7 aromatic rings. The molecule has 384 valence electrons. The van der Waals surface area contributed by atoms with Crippen molar-refractivity contribution in [1.82, 2.24) is 10.3 Å². The van der Waals surface area contributed by atoms with E-state index in [0.717, 1.165) is 42.5 Å². The van der Waals surface area contributed by atoms with Crippen LogP contribution in [-0.2, 0) is 25.5 Å². The summed E-state index contributed by atoms with van der Waals surface area (Å²) in [7, 11) is -4.89. The van der Waals surface area contributed by atoms with Crippen molar-refractivity contribution >= 4 is 69.5 Å². The quantitative estimate of drug-likeness (QED) is 0.0253. The van der Waals surface area contributed by atoms with Gasteiger partial charge in [0, 0.05) is 46.7 Å². The lowest BCUT2D eigenvalue weighted by Gasteiger charge is -2.40. The van der Waals surface area contributed by atoms with Crippen LogP contribution in [0.4, 0.5) is 22.7 Å². The zero-order valence-electron chi connectivity index (χ0n) is 42.6. The normalized spacial score (nSPS) is 13.1. The highest BCUT2D eigenvalue weighted by molar-refractivity contribution is 7.91. The van der Waals surface area contributed by atoms with Crippen molar-refractivity contribution in [1.29, 1.82) is 0 Å². The number of hydrogen-bond acceptors (Lipinski definition) is 12. The second kappa shape index (κ2) is 21.9. The fourth-order valence-electron chi connectivity index (χ4n) is 8.54. The third-order valence-electron chi connectivity index (χ3n) is 13.6. The van der Waals surface area contributed by atoms with E-state index in [1.165, 1.54) is 49.2 Å². The van der Waals surface area contributed by atoms with E-state index in [9.17, 15) is 27.9 Å². The van der Waals surface area contributed by atoms with Crippen molar-refractivity contribution in [2.75, 3.05) is 42.8 Å². The second-order valence-electron chi connectivity index (χ2n) is 19.9. The fraction of sp³-hybridized carbons (Fsp3) is 0.263. The lowest BCUT2D eigenvalue weighted by Crippen LogP contribution is -2.43. The minimum Gasteiger partial charge on any atom is -0.506 e. The first-order valence-corrected chi connectivity index (χ1v) is 28.8. The molecule has 8 rings (SSSR count). The Kier molecular flexibility index (Phi) is 15.6. The van der Waals surface area contributed by atoms with Gasteiger partial charge in [-0.25, -0.2) is 8.42 Å². The Balaban J connectivity index is 0.895. The molecule has 17 heteroatoms. The molecule has 0 aliphatic carbocycles. The summed E-state index contributed by atoms with van der Waals surface area (Å²) in [5.74, 6) is -0.585. The Morgan fingerprint density at radius 2 is 1.64 bits per heavy atom. The van der Waals surface area contributed by atoms with Crippen molar-refractivity contribution in [2.45, 2.75) is 81.0 Å². The maximum Gasteiger partial charge on any atom is 0.262 e. The number of aromatic hydroxyl groups is 1. The van der Waals surface area contributed by atoms with Crippen LogP contribution in [0.1, 0.15) is 77.1 Å². The molecule has 0 saturated carbocycles. The molecule has 1 atom stereocenters. The Labute approximate surface area is 432 Å². The molecule has 1 aliphatic rings. The standard InChI is InChI=1S/C57H62N6O9SSi/c1-35-27-44(31-46-51(35)60-32-47(55(58)66)52(46)61-41-17-12-18-42(30-41)70-5)73(68,69)43-19-11-15-39(29-43)56(67)62-40-16-10-14-38(28-40)37-22-20-36(21-23-37)13-8-9-26-59-33-49(72-74(6,7)57(2,3)4)45-24-25-48(64)53-54(45)71-34-50(65)63-53/h10-12,14-25,27-32,49,59,64H,8-9,13,26,33-34H2,1-7H3,(H2,58,66)(H,60,61)(H,62,67)(H,63,65). The summed E-state index contributed by atoms with van der Waals surface area (Å²) in [6.45, 7) is 13.9. The molecule has 6 aromatic carbocycles. The number of nitrogens with one attached hydrogen (secondary N) is 4. The van der Waals surface area contributed by atoms with Crippen LogP contribution >= 0.6 is 0 Å². The summed E-state index contributed by atoms with van der Waals surface area (Å²) in [5.41, 5.74) is 12.5. The number of nitrogens with two attached hydrogens (primary N) is 1. The maximum atomic E-state index is 14.3. The average molecular weight is 1040 g/mol. The molecule has 1 unspecified atom stereocenters. The number of aromatic nitrogens is 1. The van der Waals surface area contributed by atoms with Gasteiger partial charge in [-0.15, -0.1) is 0 Å². The number of carbonyl (C=O) groups is 3. The van der Waals surface area contributed by atoms with Gasteiger partial charge >= 0.3 is 0 Å². The van der Waals surface area contributed by atoms with Crippen LogP contribution in [0, 0.1) is 6.92 Å². The molecule has 2 heterocycles. The van der Waals surface area contributed by atoms with Crippen molar-refractivity contribution in [2.24, 2.45) is 5.73 Å². The number of benzene rings is 6. The number of amides is 3. The van der Waals surface area contributed by atoms with Crippen LogP contribution in [-0.4, -0.2) is 71.4 Å². The Morgan fingerprint density at radius 3 is 2.38 bits per heavy atom. The number of methoxy groups -OCH3 is 1. The third-order valence-corrected chi connectivity index (χ3v) is 19.8. The smallest absolute Gasteiger partial charge is 0.262 e. The number of ether oxygens (including phenoxy) is 2. The van der Waals surface area contributed by atoms with E-state index in [2.05, 4.69) is 84.4 Å². The minimum atomic E-state index is -4.20. The van der Waals surface area contributed by atoms with Gasteiger partial charge in [0.05, 0.1) is 39.8 Å². The van der Waals surface area contributed by atoms with E-state index in [-0.39, 0.29) is 56.0 Å². The van der Waals surface area contributed by atoms with Crippen molar-refractivity contribution < 1.29 is 41.8 Å². The van der Waals surface area contributed by atoms with Crippen LogP contribution in [0.5, 0.6) is 17.2 Å². The molecule has 1 aromatic heterocycles. The molecule has 3 amide bonds. The number of anilines is 4. The van der Waals surface area contributed by atoms with Gasteiger partial charge < -0.3 is 46.0 Å². The zero-order chi connectivity index (χ0) is 53.0. The molecule has 0 fully saturated rings. The minimum absolute atomic E-state index is 0.0395. The molecule has 0 spiro atoms. The maximum absolute atomic E-state index is 14.3. The highest BCUT2D eigenvalue weighted by Crippen LogP contribution is 2.46. The number of rotatable bonds is 19. The molecule has 7 N–H and O–H groups in total. The van der Waals surface area contributed by atoms with Crippen molar-refractivity contribution in [3.63, 3.8) is 0 Å². The molecular weight excluding hydrogens is 973 g/mol. The number of unbranched alkanes of at least 4 members (excludes halogenated alkanes) is 1. The number of phenolic OH excluding ortho intramolecular Hbond substituents is 1. The van der Waals surface area contributed by atoms with Gasteiger partial charge in [0.1, 0.15) is 17.2 Å². The molecule has 0 saturated heterocycles. The third kappa shape index (κ3) is 11.8. The molecule has 15 nitrogen and oxygen atoms in total. The van der Waals surface area contributed by atoms with Crippen molar-refractivity contribution in [3.05, 3.63) is 155 Å². The van der Waals surface area contributed by atoms with E-state index in [0.29, 0.717) is 51.6 Å².